The SMILES string of the molecule is C=C1CCC(N([O-])O)C(C)(N=O)CCC2C1CC2(C)C. The van der Waals surface area contributed by atoms with Crippen LogP contribution in [0, 0.1) is 27.4 Å². The van der Waals surface area contributed by atoms with Gasteiger partial charge >= 0.3 is 0 Å². The van der Waals surface area contributed by atoms with Crippen LogP contribution >= 0.6 is 0 Å². The average Bonchev–Trinajstić information content (AvgIpc) is 2.39. The van der Waals surface area contributed by atoms with Crippen molar-refractivity contribution in [1.82, 2.24) is 5.23 Å². The van der Waals surface area contributed by atoms with E-state index in [1.807, 2.05) is 0 Å². The summed E-state index contributed by atoms with van der Waals surface area (Å²) in [7, 11) is 0. The molecule has 0 saturated heterocycles. The summed E-state index contributed by atoms with van der Waals surface area (Å²) in [5.74, 6) is 0.979. The Bertz CT molecular complexity index is 408. The third-order valence-electron chi connectivity index (χ3n) is 5.65. The zero-order valence-electron chi connectivity index (χ0n) is 12.6. The Kier molecular flexibility index (Phi) is 4.06. The van der Waals surface area contributed by atoms with E-state index < -0.39 is 11.6 Å². The van der Waals surface area contributed by atoms with Crippen molar-refractivity contribution < 1.29 is 5.21 Å². The lowest BCUT2D eigenvalue weighted by Gasteiger charge is -2.53. The molecule has 114 valence electrons. The van der Waals surface area contributed by atoms with Gasteiger partial charge in [-0.25, -0.2) is 0 Å². The minimum absolute atomic E-state index is 0.0763. The zero-order valence-corrected chi connectivity index (χ0v) is 12.6. The molecule has 20 heavy (non-hydrogen) atoms. The van der Waals surface area contributed by atoms with Crippen LogP contribution in [0.1, 0.15) is 52.9 Å². The Balaban J connectivity index is 2.25. The molecule has 2 rings (SSSR count). The first-order valence-electron chi connectivity index (χ1n) is 7.39. The fraction of sp³-hybridized carbons (Fsp3) is 0.867. The van der Waals surface area contributed by atoms with Crippen molar-refractivity contribution >= 4 is 0 Å². The van der Waals surface area contributed by atoms with Crippen LogP contribution in [0.2, 0.25) is 0 Å². The van der Waals surface area contributed by atoms with Gasteiger partial charge in [0.15, 0.2) is 0 Å². The molecule has 0 bridgehead atoms. The van der Waals surface area contributed by atoms with E-state index in [-0.39, 0.29) is 10.6 Å². The Hall–Kier alpha value is -0.780. The molecule has 4 atom stereocenters. The molecule has 5 nitrogen and oxygen atoms in total. The molecule has 2 aliphatic carbocycles. The number of allylic oxidation sites excluding steroid dienone is 1. The summed E-state index contributed by atoms with van der Waals surface area (Å²) in [6.07, 6.45) is 3.62. The minimum Gasteiger partial charge on any atom is -0.762 e. The first kappa shape index (κ1) is 15.6. The molecule has 2 aliphatic rings. The number of nitrogens with zero attached hydrogens (tertiary/aromatic N) is 2. The maximum absolute atomic E-state index is 11.4. The van der Waals surface area contributed by atoms with Crippen LogP contribution in [0.15, 0.2) is 17.3 Å². The van der Waals surface area contributed by atoms with Crippen molar-refractivity contribution in [2.75, 3.05) is 0 Å². The van der Waals surface area contributed by atoms with Crippen molar-refractivity contribution in [3.05, 3.63) is 22.3 Å². The molecule has 2 fully saturated rings. The fourth-order valence-corrected chi connectivity index (χ4v) is 4.15. The van der Waals surface area contributed by atoms with E-state index in [1.54, 1.807) is 6.92 Å². The minimum atomic E-state index is -1.03. The number of fused-ring (bicyclic) bond motifs is 1. The first-order valence-corrected chi connectivity index (χ1v) is 7.39. The summed E-state index contributed by atoms with van der Waals surface area (Å²) in [6.45, 7) is 10.3. The highest BCUT2D eigenvalue weighted by molar-refractivity contribution is 5.15. The van der Waals surface area contributed by atoms with Crippen molar-refractivity contribution in [1.29, 1.82) is 0 Å². The van der Waals surface area contributed by atoms with Gasteiger partial charge in [0.1, 0.15) is 5.54 Å². The number of hydroxylamine groups is 2. The summed E-state index contributed by atoms with van der Waals surface area (Å²) in [5, 5.41) is 23.9. The van der Waals surface area contributed by atoms with Crippen molar-refractivity contribution in [2.24, 2.45) is 22.4 Å². The Morgan fingerprint density at radius 3 is 2.55 bits per heavy atom. The van der Waals surface area contributed by atoms with Crippen LogP contribution < -0.4 is 0 Å². The average molecular weight is 281 g/mol. The molecule has 5 heteroatoms. The lowest BCUT2D eigenvalue weighted by atomic mass is 9.52. The molecule has 0 aromatic carbocycles. The van der Waals surface area contributed by atoms with E-state index in [0.717, 1.165) is 18.4 Å². The number of hydrogen-bond acceptors (Lipinski definition) is 5. The summed E-state index contributed by atoms with van der Waals surface area (Å²) >= 11 is 0. The summed E-state index contributed by atoms with van der Waals surface area (Å²) in [5.41, 5.74) is 0.377. The zero-order chi connectivity index (χ0) is 15.1. The highest BCUT2D eigenvalue weighted by atomic mass is 16.8. The summed E-state index contributed by atoms with van der Waals surface area (Å²) in [6, 6.07) is -0.780. The molecule has 0 aromatic heterocycles. The fourth-order valence-electron chi connectivity index (χ4n) is 4.15. The predicted octanol–water partition coefficient (Wildman–Crippen LogP) is 3.86. The summed E-state index contributed by atoms with van der Waals surface area (Å²) < 4.78 is 0. The molecule has 0 radical (unpaired) electrons. The van der Waals surface area contributed by atoms with E-state index in [4.69, 9.17) is 0 Å². The second-order valence-corrected chi connectivity index (χ2v) is 7.41. The molecule has 0 amide bonds. The second-order valence-electron chi connectivity index (χ2n) is 7.41. The maximum atomic E-state index is 11.4. The lowest BCUT2D eigenvalue weighted by Crippen LogP contribution is -2.47. The van der Waals surface area contributed by atoms with E-state index >= 15 is 0 Å². The van der Waals surface area contributed by atoms with E-state index in [1.165, 1.54) is 0 Å². The highest BCUT2D eigenvalue weighted by Gasteiger charge is 2.50. The van der Waals surface area contributed by atoms with Crippen LogP contribution in [0.3, 0.4) is 0 Å². The smallest absolute Gasteiger partial charge is 0.116 e. The number of nitroso groups, excluding NO2 is 1. The monoisotopic (exact) mass is 281 g/mol. The molecular formula is C15H25N2O3-. The van der Waals surface area contributed by atoms with E-state index in [2.05, 4.69) is 25.6 Å². The molecule has 2 saturated carbocycles. The van der Waals surface area contributed by atoms with Gasteiger partial charge in [0.05, 0.1) is 6.04 Å². The third-order valence-corrected chi connectivity index (χ3v) is 5.65. The van der Waals surface area contributed by atoms with Gasteiger partial charge in [-0.3, -0.25) is 5.23 Å². The normalized spacial score (nSPS) is 41.1. The lowest BCUT2D eigenvalue weighted by molar-refractivity contribution is -0.103. The largest absolute Gasteiger partial charge is 0.762 e. The van der Waals surface area contributed by atoms with Gasteiger partial charge in [0.2, 0.25) is 0 Å². The van der Waals surface area contributed by atoms with Gasteiger partial charge in [-0.15, -0.1) is 0 Å². The van der Waals surface area contributed by atoms with Gasteiger partial charge in [-0.05, 0) is 56.3 Å². The van der Waals surface area contributed by atoms with E-state index in [9.17, 15) is 15.3 Å². The van der Waals surface area contributed by atoms with Crippen LogP contribution in [-0.4, -0.2) is 22.0 Å². The third kappa shape index (κ3) is 2.54. The van der Waals surface area contributed by atoms with Gasteiger partial charge < -0.3 is 10.4 Å². The van der Waals surface area contributed by atoms with Crippen LogP contribution in [-0.2, 0) is 0 Å². The molecule has 0 spiro atoms. The van der Waals surface area contributed by atoms with Gasteiger partial charge in [-0.1, -0.05) is 31.2 Å². The molecule has 0 aliphatic heterocycles. The molecular weight excluding hydrogens is 256 g/mol. The Labute approximate surface area is 120 Å². The van der Waals surface area contributed by atoms with Crippen LogP contribution in [0.25, 0.3) is 0 Å². The predicted molar refractivity (Wildman–Crippen MR) is 78.0 cm³/mol. The van der Waals surface area contributed by atoms with Gasteiger partial charge in [-0.2, -0.15) is 4.91 Å². The van der Waals surface area contributed by atoms with Crippen molar-refractivity contribution in [2.45, 2.75) is 64.5 Å². The Morgan fingerprint density at radius 1 is 1.40 bits per heavy atom. The standard InChI is InChI=1S/C15H25N2O3/c1-10-5-6-13(17(19)20)15(4,16-18)8-7-12-11(10)9-14(12,2)3/h11-13,19H,1,5-9H2,2-4H3/q-1. The van der Waals surface area contributed by atoms with Crippen LogP contribution in [0.4, 0.5) is 0 Å². The van der Waals surface area contributed by atoms with Crippen molar-refractivity contribution in [3.8, 4) is 0 Å². The van der Waals surface area contributed by atoms with Gasteiger partial charge in [0.25, 0.3) is 0 Å². The topological polar surface area (TPSA) is 76.0 Å². The molecule has 1 N–H and O–H groups in total. The van der Waals surface area contributed by atoms with Crippen LogP contribution in [0.5, 0.6) is 0 Å². The molecule has 0 aromatic rings. The number of hydrogen-bond donors (Lipinski definition) is 1. The quantitative estimate of drug-likeness (QED) is 0.473. The maximum Gasteiger partial charge on any atom is 0.116 e. The molecule has 0 heterocycles. The first-order chi connectivity index (χ1) is 9.21. The second kappa shape index (κ2) is 5.20. The number of rotatable bonds is 2. The summed E-state index contributed by atoms with van der Waals surface area (Å²) in [4.78, 5) is 11.3. The van der Waals surface area contributed by atoms with Crippen molar-refractivity contribution in [3.63, 3.8) is 0 Å². The highest BCUT2D eigenvalue weighted by Crippen LogP contribution is 2.57. The van der Waals surface area contributed by atoms with E-state index in [0.29, 0.717) is 31.1 Å². The van der Waals surface area contributed by atoms with Gasteiger partial charge in [0, 0.05) is 0 Å². The molecule has 4 unspecified atom stereocenters. The Morgan fingerprint density at radius 2 is 2.05 bits per heavy atom.